The van der Waals surface area contributed by atoms with Crippen molar-refractivity contribution < 1.29 is 4.79 Å². The Bertz CT molecular complexity index is 966. The number of hydrogen-bond acceptors (Lipinski definition) is 2. The van der Waals surface area contributed by atoms with E-state index in [2.05, 4.69) is 23.6 Å². The summed E-state index contributed by atoms with van der Waals surface area (Å²) in [5, 5.41) is 4.92. The highest BCUT2D eigenvalue weighted by Crippen LogP contribution is 2.35. The maximum absolute atomic E-state index is 12.7. The molecule has 5 heteroatoms. The van der Waals surface area contributed by atoms with Crippen LogP contribution in [0.2, 0.25) is 0 Å². The lowest BCUT2D eigenvalue weighted by Gasteiger charge is -2.29. The number of hydrogen-bond donors (Lipinski definition) is 0. The van der Waals surface area contributed by atoms with Gasteiger partial charge in [0.2, 0.25) is 5.91 Å². The number of amides is 1. The molecular formula is C21H22N4O. The van der Waals surface area contributed by atoms with Gasteiger partial charge in [-0.25, -0.2) is 4.68 Å². The fourth-order valence-corrected chi connectivity index (χ4v) is 3.98. The predicted molar refractivity (Wildman–Crippen MR) is 99.2 cm³/mol. The second-order valence-electron chi connectivity index (χ2n) is 7.36. The lowest BCUT2D eigenvalue weighted by Crippen LogP contribution is -2.35. The van der Waals surface area contributed by atoms with E-state index in [1.165, 1.54) is 12.0 Å². The molecule has 2 aromatic heterocycles. The van der Waals surface area contributed by atoms with Gasteiger partial charge in [-0.2, -0.15) is 5.10 Å². The van der Waals surface area contributed by atoms with Gasteiger partial charge in [0.1, 0.15) is 5.82 Å². The van der Waals surface area contributed by atoms with Crippen LogP contribution in [0.5, 0.6) is 0 Å². The first kappa shape index (κ1) is 15.4. The molecule has 132 valence electrons. The van der Waals surface area contributed by atoms with Gasteiger partial charge in [0.15, 0.2) is 0 Å². The summed E-state index contributed by atoms with van der Waals surface area (Å²) in [6, 6.07) is 12.3. The van der Waals surface area contributed by atoms with Gasteiger partial charge in [0, 0.05) is 23.9 Å². The molecule has 0 bridgehead atoms. The summed E-state index contributed by atoms with van der Waals surface area (Å²) < 4.78 is 4.14. The smallest absolute Gasteiger partial charge is 0.226 e. The molecule has 26 heavy (non-hydrogen) atoms. The summed E-state index contributed by atoms with van der Waals surface area (Å²) in [6.45, 7) is 3.38. The molecule has 0 spiro atoms. The van der Waals surface area contributed by atoms with Crippen molar-refractivity contribution in [3.05, 3.63) is 65.6 Å². The Hall–Kier alpha value is -2.82. The number of aromatic nitrogens is 3. The van der Waals surface area contributed by atoms with Crippen LogP contribution in [0.25, 0.3) is 11.5 Å². The molecule has 0 radical (unpaired) electrons. The van der Waals surface area contributed by atoms with E-state index < -0.39 is 0 Å². The van der Waals surface area contributed by atoms with E-state index >= 15 is 0 Å². The third-order valence-corrected chi connectivity index (χ3v) is 5.69. The third-order valence-electron chi connectivity index (χ3n) is 5.69. The van der Waals surface area contributed by atoms with Crippen molar-refractivity contribution in [3.8, 4) is 11.5 Å². The lowest BCUT2D eigenvalue weighted by atomic mass is 9.84. The van der Waals surface area contributed by atoms with Crippen LogP contribution in [-0.2, 0) is 17.9 Å². The molecule has 5 nitrogen and oxygen atoms in total. The summed E-state index contributed by atoms with van der Waals surface area (Å²) in [4.78, 5) is 14.7. The number of para-hydroxylation sites is 1. The molecule has 0 unspecified atom stereocenters. The van der Waals surface area contributed by atoms with E-state index in [1.54, 1.807) is 0 Å². The molecule has 0 saturated heterocycles. The zero-order chi connectivity index (χ0) is 17.7. The van der Waals surface area contributed by atoms with Crippen molar-refractivity contribution in [1.29, 1.82) is 0 Å². The molecule has 1 aromatic carbocycles. The summed E-state index contributed by atoms with van der Waals surface area (Å²) >= 11 is 0. The van der Waals surface area contributed by atoms with Crippen LogP contribution >= 0.6 is 0 Å². The molecule has 1 aliphatic carbocycles. The molecule has 1 amide bonds. The van der Waals surface area contributed by atoms with Gasteiger partial charge in [-0.05, 0) is 43.5 Å². The van der Waals surface area contributed by atoms with E-state index in [0.717, 1.165) is 35.6 Å². The number of fused-ring (bicyclic) bond motifs is 1. The van der Waals surface area contributed by atoms with Crippen molar-refractivity contribution in [1.82, 2.24) is 19.2 Å². The third kappa shape index (κ3) is 2.30. The summed E-state index contributed by atoms with van der Waals surface area (Å²) in [5.41, 5.74) is 4.45. The second kappa shape index (κ2) is 5.87. The molecule has 2 aliphatic rings. The molecule has 3 heterocycles. The molecule has 0 N–H and O–H groups in total. The SMILES string of the molecule is Cc1ccccc1-n1nc2c(c1-n1cccc1)CN(C(=O)C1CCC1)C2. The Morgan fingerprint density at radius 3 is 2.54 bits per heavy atom. The molecule has 3 aromatic rings. The number of nitrogens with zero attached hydrogens (tertiary/aromatic N) is 4. The quantitative estimate of drug-likeness (QED) is 0.727. The highest BCUT2D eigenvalue weighted by atomic mass is 16.2. The van der Waals surface area contributed by atoms with E-state index in [4.69, 9.17) is 5.10 Å². The minimum Gasteiger partial charge on any atom is -0.332 e. The second-order valence-corrected chi connectivity index (χ2v) is 7.36. The average molecular weight is 346 g/mol. The normalized spacial score (nSPS) is 16.6. The Morgan fingerprint density at radius 1 is 1.08 bits per heavy atom. The monoisotopic (exact) mass is 346 g/mol. The van der Waals surface area contributed by atoms with E-state index in [9.17, 15) is 4.79 Å². The molecule has 5 rings (SSSR count). The number of carbonyl (C=O) groups excluding carboxylic acids is 1. The molecule has 0 atom stereocenters. The van der Waals surface area contributed by atoms with Crippen LogP contribution in [0.3, 0.4) is 0 Å². The Balaban J connectivity index is 1.58. The van der Waals surface area contributed by atoms with Crippen LogP contribution < -0.4 is 0 Å². The maximum Gasteiger partial charge on any atom is 0.226 e. The minimum atomic E-state index is 0.234. The zero-order valence-corrected chi connectivity index (χ0v) is 14.9. The largest absolute Gasteiger partial charge is 0.332 e. The van der Waals surface area contributed by atoms with Gasteiger partial charge < -0.3 is 9.47 Å². The lowest BCUT2D eigenvalue weighted by molar-refractivity contribution is -0.138. The number of aryl methyl sites for hydroxylation is 1. The van der Waals surface area contributed by atoms with E-state index in [1.807, 2.05) is 46.2 Å². The van der Waals surface area contributed by atoms with Crippen LogP contribution in [0, 0.1) is 12.8 Å². The molecule has 1 fully saturated rings. The first-order valence-electron chi connectivity index (χ1n) is 9.31. The Morgan fingerprint density at radius 2 is 1.85 bits per heavy atom. The molecule has 1 saturated carbocycles. The highest BCUT2D eigenvalue weighted by Gasteiger charge is 2.36. The Kier molecular flexibility index (Phi) is 3.48. The first-order valence-corrected chi connectivity index (χ1v) is 9.31. The van der Waals surface area contributed by atoms with Crippen molar-refractivity contribution >= 4 is 5.91 Å². The van der Waals surface area contributed by atoms with Crippen LogP contribution in [-0.4, -0.2) is 25.2 Å². The molecular weight excluding hydrogens is 324 g/mol. The summed E-state index contributed by atoms with van der Waals surface area (Å²) in [5.74, 6) is 1.58. The van der Waals surface area contributed by atoms with Gasteiger partial charge in [0.05, 0.1) is 24.5 Å². The minimum absolute atomic E-state index is 0.234. The fourth-order valence-electron chi connectivity index (χ4n) is 3.98. The standard InChI is InChI=1S/C21H22N4O/c1-15-7-2-3-10-19(15)25-20(23-11-4-5-12-23)17-13-24(14-18(17)22-25)21(26)16-8-6-9-16/h2-5,7,10-12,16H,6,8-9,13-14H2,1H3. The predicted octanol–water partition coefficient (Wildman–Crippen LogP) is 3.61. The van der Waals surface area contributed by atoms with Gasteiger partial charge in [-0.1, -0.05) is 24.6 Å². The number of rotatable bonds is 3. The number of carbonyl (C=O) groups is 1. The Labute approximate surface area is 152 Å². The van der Waals surface area contributed by atoms with Gasteiger partial charge in [-0.15, -0.1) is 0 Å². The number of benzene rings is 1. The van der Waals surface area contributed by atoms with Crippen LogP contribution in [0.15, 0.2) is 48.8 Å². The summed E-state index contributed by atoms with van der Waals surface area (Å²) in [6.07, 6.45) is 7.36. The van der Waals surface area contributed by atoms with Crippen molar-refractivity contribution in [2.45, 2.75) is 39.3 Å². The van der Waals surface area contributed by atoms with Gasteiger partial charge >= 0.3 is 0 Å². The van der Waals surface area contributed by atoms with E-state index in [0.29, 0.717) is 19.0 Å². The van der Waals surface area contributed by atoms with E-state index in [-0.39, 0.29) is 5.92 Å². The van der Waals surface area contributed by atoms with Crippen molar-refractivity contribution in [2.24, 2.45) is 5.92 Å². The van der Waals surface area contributed by atoms with Gasteiger partial charge in [-0.3, -0.25) is 4.79 Å². The highest BCUT2D eigenvalue weighted by molar-refractivity contribution is 5.80. The summed E-state index contributed by atoms with van der Waals surface area (Å²) in [7, 11) is 0. The van der Waals surface area contributed by atoms with Crippen molar-refractivity contribution in [2.75, 3.05) is 0 Å². The van der Waals surface area contributed by atoms with Crippen LogP contribution in [0.4, 0.5) is 0 Å². The molecule has 1 aliphatic heterocycles. The fraction of sp³-hybridized carbons (Fsp3) is 0.333. The zero-order valence-electron chi connectivity index (χ0n) is 14.9. The topological polar surface area (TPSA) is 43.1 Å². The van der Waals surface area contributed by atoms with Crippen molar-refractivity contribution in [3.63, 3.8) is 0 Å². The first-order chi connectivity index (χ1) is 12.7. The maximum atomic E-state index is 12.7. The van der Waals surface area contributed by atoms with Crippen LogP contribution in [0.1, 0.15) is 36.1 Å². The average Bonchev–Trinajstić information content (AvgIpc) is 3.28. The van der Waals surface area contributed by atoms with Gasteiger partial charge in [0.25, 0.3) is 0 Å².